The molecule has 0 amide bonds. The predicted octanol–water partition coefficient (Wildman–Crippen LogP) is 3.38. The van der Waals surface area contributed by atoms with Crippen LogP contribution in [0, 0.1) is 5.92 Å². The first-order valence-electron chi connectivity index (χ1n) is 5.64. The average molecular weight is 196 g/mol. The fourth-order valence-electron chi connectivity index (χ4n) is 2.15. The molecule has 0 aromatic carbocycles. The second-order valence-electron chi connectivity index (χ2n) is 4.11. The van der Waals surface area contributed by atoms with E-state index in [0.29, 0.717) is 12.3 Å². The number of allylic oxidation sites excluding steroid dienone is 2. The normalized spacial score (nSPS) is 20.9. The molecule has 0 radical (unpaired) electrons. The molecule has 14 heavy (non-hydrogen) atoms. The van der Waals surface area contributed by atoms with Crippen molar-refractivity contribution in [1.29, 1.82) is 0 Å². The molecule has 2 nitrogen and oxygen atoms in total. The van der Waals surface area contributed by atoms with Gasteiger partial charge in [-0.25, -0.2) is 0 Å². The highest BCUT2D eigenvalue weighted by molar-refractivity contribution is 5.67. The van der Waals surface area contributed by atoms with Gasteiger partial charge in [-0.15, -0.1) is 0 Å². The third kappa shape index (κ3) is 3.52. The van der Waals surface area contributed by atoms with Crippen LogP contribution in [0.15, 0.2) is 11.6 Å². The maximum absolute atomic E-state index is 10.6. The number of carboxylic acids is 1. The number of hydrogen-bond acceptors (Lipinski definition) is 1. The van der Waals surface area contributed by atoms with Crippen LogP contribution in [0.3, 0.4) is 0 Å². The SMILES string of the molecule is CCCCCC1=CCCC1CC(=O)O. The summed E-state index contributed by atoms with van der Waals surface area (Å²) in [5.41, 5.74) is 1.40. The van der Waals surface area contributed by atoms with Crippen LogP contribution in [-0.4, -0.2) is 11.1 Å². The third-order valence-electron chi connectivity index (χ3n) is 2.94. The van der Waals surface area contributed by atoms with Gasteiger partial charge >= 0.3 is 5.97 Å². The van der Waals surface area contributed by atoms with Crippen LogP contribution >= 0.6 is 0 Å². The first-order valence-corrected chi connectivity index (χ1v) is 5.64. The predicted molar refractivity (Wildman–Crippen MR) is 57.2 cm³/mol. The van der Waals surface area contributed by atoms with Gasteiger partial charge in [0.2, 0.25) is 0 Å². The Morgan fingerprint density at radius 1 is 1.57 bits per heavy atom. The molecule has 1 aliphatic carbocycles. The molecule has 0 bridgehead atoms. The van der Waals surface area contributed by atoms with Gasteiger partial charge < -0.3 is 5.11 Å². The first kappa shape index (κ1) is 11.3. The summed E-state index contributed by atoms with van der Waals surface area (Å²) in [5, 5.41) is 8.74. The van der Waals surface area contributed by atoms with Crippen molar-refractivity contribution in [3.05, 3.63) is 11.6 Å². The zero-order valence-electron chi connectivity index (χ0n) is 8.96. The zero-order chi connectivity index (χ0) is 10.4. The van der Waals surface area contributed by atoms with Crippen LogP contribution in [0.25, 0.3) is 0 Å². The van der Waals surface area contributed by atoms with E-state index >= 15 is 0 Å². The molecular weight excluding hydrogens is 176 g/mol. The smallest absolute Gasteiger partial charge is 0.303 e. The van der Waals surface area contributed by atoms with Gasteiger partial charge in [0, 0.05) is 0 Å². The molecule has 0 aromatic heterocycles. The molecule has 0 aromatic rings. The molecular formula is C12H20O2. The van der Waals surface area contributed by atoms with Crippen molar-refractivity contribution in [2.75, 3.05) is 0 Å². The molecule has 0 saturated heterocycles. The van der Waals surface area contributed by atoms with Crippen LogP contribution in [0.5, 0.6) is 0 Å². The molecule has 0 heterocycles. The first-order chi connectivity index (χ1) is 6.74. The maximum atomic E-state index is 10.6. The number of unbranched alkanes of at least 4 members (excludes halogenated alkanes) is 2. The van der Waals surface area contributed by atoms with Crippen molar-refractivity contribution < 1.29 is 9.90 Å². The molecule has 0 aliphatic heterocycles. The molecule has 80 valence electrons. The highest BCUT2D eigenvalue weighted by Crippen LogP contribution is 2.32. The minimum atomic E-state index is -0.654. The summed E-state index contributed by atoms with van der Waals surface area (Å²) in [6.07, 6.45) is 9.55. The fourth-order valence-corrected chi connectivity index (χ4v) is 2.15. The number of rotatable bonds is 6. The number of hydrogen-bond donors (Lipinski definition) is 1. The van der Waals surface area contributed by atoms with E-state index in [0.717, 1.165) is 19.3 Å². The Morgan fingerprint density at radius 2 is 2.36 bits per heavy atom. The van der Waals surface area contributed by atoms with Gasteiger partial charge in [0.25, 0.3) is 0 Å². The van der Waals surface area contributed by atoms with E-state index < -0.39 is 5.97 Å². The quantitative estimate of drug-likeness (QED) is 0.522. The summed E-state index contributed by atoms with van der Waals surface area (Å²) in [5.74, 6) is -0.317. The molecule has 0 spiro atoms. The highest BCUT2D eigenvalue weighted by Gasteiger charge is 2.20. The lowest BCUT2D eigenvalue weighted by Crippen LogP contribution is -2.07. The van der Waals surface area contributed by atoms with Crippen molar-refractivity contribution >= 4 is 5.97 Å². The van der Waals surface area contributed by atoms with Crippen LogP contribution in [0.1, 0.15) is 51.9 Å². The van der Waals surface area contributed by atoms with E-state index in [-0.39, 0.29) is 0 Å². The van der Waals surface area contributed by atoms with Gasteiger partial charge in [0.15, 0.2) is 0 Å². The second-order valence-corrected chi connectivity index (χ2v) is 4.11. The van der Waals surface area contributed by atoms with E-state index in [9.17, 15) is 4.79 Å². The lowest BCUT2D eigenvalue weighted by atomic mass is 9.94. The Hall–Kier alpha value is -0.790. The summed E-state index contributed by atoms with van der Waals surface area (Å²) in [4.78, 5) is 10.6. The molecule has 0 fully saturated rings. The Labute approximate surface area is 86.0 Å². The Balaban J connectivity index is 2.31. The van der Waals surface area contributed by atoms with Gasteiger partial charge in [0.05, 0.1) is 6.42 Å². The summed E-state index contributed by atoms with van der Waals surface area (Å²) in [6, 6.07) is 0. The van der Waals surface area contributed by atoms with Gasteiger partial charge in [-0.05, 0) is 31.6 Å². The number of carboxylic acid groups (broad SMARTS) is 1. The standard InChI is InChI=1S/C12H20O2/c1-2-3-4-6-10-7-5-8-11(10)9-12(13)14/h7,11H,2-6,8-9H2,1H3,(H,13,14). The van der Waals surface area contributed by atoms with Crippen molar-refractivity contribution in [3.8, 4) is 0 Å². The largest absolute Gasteiger partial charge is 0.481 e. The summed E-state index contributed by atoms with van der Waals surface area (Å²) >= 11 is 0. The molecule has 1 rings (SSSR count). The van der Waals surface area contributed by atoms with Gasteiger partial charge in [-0.1, -0.05) is 31.4 Å². The third-order valence-corrected chi connectivity index (χ3v) is 2.94. The summed E-state index contributed by atoms with van der Waals surface area (Å²) in [6.45, 7) is 2.19. The molecule has 2 heteroatoms. The van der Waals surface area contributed by atoms with E-state index in [2.05, 4.69) is 13.0 Å². The lowest BCUT2D eigenvalue weighted by Gasteiger charge is -2.12. The van der Waals surface area contributed by atoms with Gasteiger partial charge in [0.1, 0.15) is 0 Å². The minimum absolute atomic E-state index is 0.331. The maximum Gasteiger partial charge on any atom is 0.303 e. The summed E-state index contributed by atoms with van der Waals surface area (Å²) < 4.78 is 0. The van der Waals surface area contributed by atoms with Crippen LogP contribution in [-0.2, 0) is 4.79 Å². The Bertz CT molecular complexity index is 218. The highest BCUT2D eigenvalue weighted by atomic mass is 16.4. The van der Waals surface area contributed by atoms with E-state index in [1.807, 2.05) is 0 Å². The Morgan fingerprint density at radius 3 is 3.00 bits per heavy atom. The molecule has 1 N–H and O–H groups in total. The second kappa shape index (κ2) is 5.84. The zero-order valence-corrected chi connectivity index (χ0v) is 8.96. The molecule has 1 atom stereocenters. The summed E-state index contributed by atoms with van der Waals surface area (Å²) in [7, 11) is 0. The van der Waals surface area contributed by atoms with Crippen LogP contribution in [0.2, 0.25) is 0 Å². The Kier molecular flexibility index (Phi) is 4.71. The van der Waals surface area contributed by atoms with E-state index in [1.54, 1.807) is 0 Å². The van der Waals surface area contributed by atoms with Crippen LogP contribution < -0.4 is 0 Å². The molecule has 1 unspecified atom stereocenters. The monoisotopic (exact) mass is 196 g/mol. The van der Waals surface area contributed by atoms with Crippen molar-refractivity contribution in [1.82, 2.24) is 0 Å². The van der Waals surface area contributed by atoms with E-state index in [4.69, 9.17) is 5.11 Å². The van der Waals surface area contributed by atoms with Crippen molar-refractivity contribution in [2.45, 2.75) is 51.9 Å². The topological polar surface area (TPSA) is 37.3 Å². The number of aliphatic carboxylic acids is 1. The van der Waals surface area contributed by atoms with Gasteiger partial charge in [-0.2, -0.15) is 0 Å². The average Bonchev–Trinajstić information content (AvgIpc) is 2.52. The lowest BCUT2D eigenvalue weighted by molar-refractivity contribution is -0.137. The fraction of sp³-hybridized carbons (Fsp3) is 0.750. The van der Waals surface area contributed by atoms with Gasteiger partial charge in [-0.3, -0.25) is 4.79 Å². The van der Waals surface area contributed by atoms with Crippen molar-refractivity contribution in [2.24, 2.45) is 5.92 Å². The molecule has 0 saturated carbocycles. The molecule has 1 aliphatic rings. The minimum Gasteiger partial charge on any atom is -0.481 e. The van der Waals surface area contributed by atoms with E-state index in [1.165, 1.54) is 24.8 Å². The van der Waals surface area contributed by atoms with Crippen molar-refractivity contribution in [3.63, 3.8) is 0 Å². The number of carbonyl (C=O) groups is 1. The van der Waals surface area contributed by atoms with Crippen LogP contribution in [0.4, 0.5) is 0 Å².